The van der Waals surface area contributed by atoms with Crippen LogP contribution < -0.4 is 4.90 Å². The quantitative estimate of drug-likeness (QED) is 0.834. The molecule has 1 aromatic carbocycles. The summed E-state index contributed by atoms with van der Waals surface area (Å²) in [4.78, 5) is 41.3. The molecule has 6 nitrogen and oxygen atoms in total. The largest absolute Gasteiger partial charge is 0.341 e. The third-order valence-corrected chi connectivity index (χ3v) is 4.97. The Labute approximate surface area is 148 Å². The Morgan fingerprint density at radius 2 is 1.60 bits per heavy atom. The summed E-state index contributed by atoms with van der Waals surface area (Å²) in [5, 5.41) is 0. The molecule has 25 heavy (non-hydrogen) atoms. The van der Waals surface area contributed by atoms with Crippen LogP contribution >= 0.6 is 0 Å². The van der Waals surface area contributed by atoms with Crippen molar-refractivity contribution < 1.29 is 14.4 Å². The highest BCUT2D eigenvalue weighted by Crippen LogP contribution is 2.22. The molecule has 1 aromatic rings. The zero-order chi connectivity index (χ0) is 17.8. The molecule has 0 saturated carbocycles. The van der Waals surface area contributed by atoms with E-state index in [1.807, 2.05) is 29.2 Å². The predicted molar refractivity (Wildman–Crippen MR) is 95.2 cm³/mol. The fourth-order valence-electron chi connectivity index (χ4n) is 3.48. The molecule has 3 amide bonds. The van der Waals surface area contributed by atoms with Crippen molar-refractivity contribution in [3.63, 3.8) is 0 Å². The molecule has 2 heterocycles. The smallest absolute Gasteiger partial charge is 0.227 e. The van der Waals surface area contributed by atoms with Crippen LogP contribution in [0.4, 0.5) is 5.69 Å². The summed E-state index contributed by atoms with van der Waals surface area (Å²) >= 11 is 0. The zero-order valence-electron chi connectivity index (χ0n) is 14.7. The molecular weight excluding hydrogens is 318 g/mol. The van der Waals surface area contributed by atoms with Crippen LogP contribution in [0.2, 0.25) is 0 Å². The maximum Gasteiger partial charge on any atom is 0.227 e. The standard InChI is InChI=1S/C19H25N3O3/c1-15(23)20-9-3-10-21(13-12-20)19(25)14-16-5-7-17(8-6-16)22-11-2-4-18(22)24/h5-8H,2-4,9-14H2,1H3. The SMILES string of the molecule is CC(=O)N1CCCN(C(=O)Cc2ccc(N3CCCC3=O)cc2)CC1. The van der Waals surface area contributed by atoms with Crippen LogP contribution in [0.3, 0.4) is 0 Å². The highest BCUT2D eigenvalue weighted by atomic mass is 16.2. The van der Waals surface area contributed by atoms with Gasteiger partial charge in [0, 0.05) is 51.8 Å². The van der Waals surface area contributed by atoms with Crippen LogP contribution in [0.15, 0.2) is 24.3 Å². The molecule has 0 N–H and O–H groups in total. The second-order valence-electron chi connectivity index (χ2n) is 6.73. The lowest BCUT2D eigenvalue weighted by Crippen LogP contribution is -2.37. The molecule has 0 aromatic heterocycles. The fourth-order valence-corrected chi connectivity index (χ4v) is 3.48. The monoisotopic (exact) mass is 343 g/mol. The maximum absolute atomic E-state index is 12.5. The van der Waals surface area contributed by atoms with Gasteiger partial charge in [0.2, 0.25) is 17.7 Å². The summed E-state index contributed by atoms with van der Waals surface area (Å²) in [6.07, 6.45) is 2.70. The third kappa shape index (κ3) is 4.18. The van der Waals surface area contributed by atoms with E-state index < -0.39 is 0 Å². The number of benzene rings is 1. The summed E-state index contributed by atoms with van der Waals surface area (Å²) in [5.41, 5.74) is 1.86. The normalized spacial score (nSPS) is 18.4. The van der Waals surface area contributed by atoms with Gasteiger partial charge in [-0.25, -0.2) is 0 Å². The minimum absolute atomic E-state index is 0.0707. The molecule has 0 bridgehead atoms. The van der Waals surface area contributed by atoms with E-state index in [2.05, 4.69) is 0 Å². The van der Waals surface area contributed by atoms with Gasteiger partial charge in [0.1, 0.15) is 0 Å². The predicted octanol–water partition coefficient (Wildman–Crippen LogP) is 1.44. The molecule has 2 aliphatic heterocycles. The number of carbonyl (C=O) groups is 3. The van der Waals surface area contributed by atoms with E-state index in [4.69, 9.17) is 0 Å². The van der Waals surface area contributed by atoms with Crippen LogP contribution in [-0.4, -0.2) is 60.2 Å². The van der Waals surface area contributed by atoms with Gasteiger partial charge in [-0.3, -0.25) is 14.4 Å². The van der Waals surface area contributed by atoms with Crippen molar-refractivity contribution in [2.24, 2.45) is 0 Å². The average Bonchev–Trinajstić information content (AvgIpc) is 2.87. The van der Waals surface area contributed by atoms with Crippen molar-refractivity contribution in [1.29, 1.82) is 0 Å². The van der Waals surface area contributed by atoms with Crippen molar-refractivity contribution in [3.05, 3.63) is 29.8 Å². The molecule has 0 unspecified atom stereocenters. The molecule has 3 rings (SSSR count). The van der Waals surface area contributed by atoms with E-state index in [0.717, 1.165) is 37.2 Å². The lowest BCUT2D eigenvalue weighted by Gasteiger charge is -2.21. The Morgan fingerprint density at radius 3 is 2.24 bits per heavy atom. The first kappa shape index (κ1) is 17.5. The van der Waals surface area contributed by atoms with Crippen LogP contribution in [0.5, 0.6) is 0 Å². The lowest BCUT2D eigenvalue weighted by atomic mass is 10.1. The number of hydrogen-bond acceptors (Lipinski definition) is 3. The first-order chi connectivity index (χ1) is 12.0. The second kappa shape index (κ2) is 7.68. The number of anilines is 1. The number of carbonyl (C=O) groups excluding carboxylic acids is 3. The molecule has 0 atom stereocenters. The van der Waals surface area contributed by atoms with Crippen LogP contribution in [0.25, 0.3) is 0 Å². The van der Waals surface area contributed by atoms with E-state index in [1.165, 1.54) is 0 Å². The molecule has 0 radical (unpaired) electrons. The van der Waals surface area contributed by atoms with Crippen LogP contribution in [0.1, 0.15) is 31.7 Å². The van der Waals surface area contributed by atoms with E-state index in [0.29, 0.717) is 32.5 Å². The topological polar surface area (TPSA) is 60.9 Å². The minimum Gasteiger partial charge on any atom is -0.341 e. The van der Waals surface area contributed by atoms with Crippen molar-refractivity contribution >= 4 is 23.4 Å². The van der Waals surface area contributed by atoms with Gasteiger partial charge >= 0.3 is 0 Å². The van der Waals surface area contributed by atoms with E-state index >= 15 is 0 Å². The van der Waals surface area contributed by atoms with Gasteiger partial charge in [-0.15, -0.1) is 0 Å². The molecular formula is C19H25N3O3. The van der Waals surface area contributed by atoms with Gasteiger partial charge in [0.25, 0.3) is 0 Å². The van der Waals surface area contributed by atoms with Crippen molar-refractivity contribution in [3.8, 4) is 0 Å². The molecule has 2 aliphatic rings. The highest BCUT2D eigenvalue weighted by Gasteiger charge is 2.22. The van der Waals surface area contributed by atoms with Crippen LogP contribution in [-0.2, 0) is 20.8 Å². The molecule has 2 fully saturated rings. The Hall–Kier alpha value is -2.37. The first-order valence-electron chi connectivity index (χ1n) is 8.97. The molecule has 134 valence electrons. The van der Waals surface area contributed by atoms with Crippen molar-refractivity contribution in [2.45, 2.75) is 32.6 Å². The number of hydrogen-bond donors (Lipinski definition) is 0. The van der Waals surface area contributed by atoms with Crippen LogP contribution in [0, 0.1) is 0 Å². The van der Waals surface area contributed by atoms with Gasteiger partial charge < -0.3 is 14.7 Å². The third-order valence-electron chi connectivity index (χ3n) is 4.97. The Balaban J connectivity index is 1.57. The number of amides is 3. The second-order valence-corrected chi connectivity index (χ2v) is 6.73. The zero-order valence-corrected chi connectivity index (χ0v) is 14.7. The van der Waals surface area contributed by atoms with Crippen molar-refractivity contribution in [2.75, 3.05) is 37.6 Å². The van der Waals surface area contributed by atoms with Gasteiger partial charge in [-0.05, 0) is 30.5 Å². The maximum atomic E-state index is 12.5. The summed E-state index contributed by atoms with van der Waals surface area (Å²) < 4.78 is 0. The van der Waals surface area contributed by atoms with Gasteiger partial charge in [0.15, 0.2) is 0 Å². The minimum atomic E-state index is 0.0707. The summed E-state index contributed by atoms with van der Waals surface area (Å²) in [6, 6.07) is 7.70. The van der Waals surface area contributed by atoms with E-state index in [1.54, 1.807) is 16.7 Å². The number of rotatable bonds is 3. The van der Waals surface area contributed by atoms with E-state index in [9.17, 15) is 14.4 Å². The molecule has 6 heteroatoms. The Bertz CT molecular complexity index is 656. The van der Waals surface area contributed by atoms with Gasteiger partial charge in [-0.1, -0.05) is 12.1 Å². The van der Waals surface area contributed by atoms with E-state index in [-0.39, 0.29) is 17.7 Å². The first-order valence-corrected chi connectivity index (χ1v) is 8.97. The Morgan fingerprint density at radius 1 is 0.920 bits per heavy atom. The summed E-state index contributed by atoms with van der Waals surface area (Å²) in [7, 11) is 0. The fraction of sp³-hybridized carbons (Fsp3) is 0.526. The molecule has 0 spiro atoms. The summed E-state index contributed by atoms with van der Waals surface area (Å²) in [5.74, 6) is 0.333. The molecule has 0 aliphatic carbocycles. The summed E-state index contributed by atoms with van der Waals surface area (Å²) in [6.45, 7) is 4.97. The molecule has 2 saturated heterocycles. The Kier molecular flexibility index (Phi) is 5.36. The lowest BCUT2D eigenvalue weighted by molar-refractivity contribution is -0.132. The van der Waals surface area contributed by atoms with Gasteiger partial charge in [0.05, 0.1) is 6.42 Å². The average molecular weight is 343 g/mol. The van der Waals surface area contributed by atoms with Crippen molar-refractivity contribution in [1.82, 2.24) is 9.80 Å². The number of nitrogens with zero attached hydrogens (tertiary/aromatic N) is 3. The highest BCUT2D eigenvalue weighted by molar-refractivity contribution is 5.95. The van der Waals surface area contributed by atoms with Gasteiger partial charge in [-0.2, -0.15) is 0 Å².